The molecule has 0 heterocycles. The van der Waals surface area contributed by atoms with Crippen molar-refractivity contribution in [3.05, 3.63) is 39.4 Å². The molecule has 1 aliphatic carbocycles. The summed E-state index contributed by atoms with van der Waals surface area (Å²) in [5.41, 5.74) is 4.32. The molecule has 0 N–H and O–H groups in total. The van der Waals surface area contributed by atoms with Crippen molar-refractivity contribution in [2.24, 2.45) is 0 Å². The summed E-state index contributed by atoms with van der Waals surface area (Å²) in [7, 11) is 0. The van der Waals surface area contributed by atoms with E-state index in [1.165, 1.54) is 40.4 Å². The molecule has 0 bridgehead atoms. The molecule has 0 nitrogen and oxygen atoms in total. The van der Waals surface area contributed by atoms with Gasteiger partial charge >= 0.3 is 0 Å². The van der Waals surface area contributed by atoms with Crippen LogP contribution < -0.4 is 0 Å². The highest BCUT2D eigenvalue weighted by atomic mass is 79.9. The second-order valence-corrected chi connectivity index (χ2v) is 4.61. The van der Waals surface area contributed by atoms with Crippen molar-refractivity contribution in [2.75, 3.05) is 0 Å². The first-order valence-corrected chi connectivity index (χ1v) is 6.09. The molecule has 1 aliphatic rings. The quantitative estimate of drug-likeness (QED) is 0.748. The molecule has 74 valence electrons. The van der Waals surface area contributed by atoms with Crippen LogP contribution in [0.15, 0.2) is 22.7 Å². The fourth-order valence-corrected chi connectivity index (χ4v) is 2.63. The van der Waals surface area contributed by atoms with Crippen LogP contribution in [0, 0.1) is 0 Å². The standard InChI is InChI=1S/C13H15Br/c1-2-3-5-11-9-8-10-6-4-7-12(10)13(11)14/h4,6,8-9H,2-3,5,7H2,1H3. The summed E-state index contributed by atoms with van der Waals surface area (Å²) in [6, 6.07) is 4.50. The summed E-state index contributed by atoms with van der Waals surface area (Å²) >= 11 is 3.72. The largest absolute Gasteiger partial charge is 0.0795 e. The maximum absolute atomic E-state index is 3.72. The third kappa shape index (κ3) is 1.78. The lowest BCUT2D eigenvalue weighted by Gasteiger charge is -2.08. The molecule has 0 saturated heterocycles. The van der Waals surface area contributed by atoms with Crippen molar-refractivity contribution in [3.63, 3.8) is 0 Å². The monoisotopic (exact) mass is 250 g/mol. The van der Waals surface area contributed by atoms with Gasteiger partial charge in [0.1, 0.15) is 0 Å². The van der Waals surface area contributed by atoms with E-state index < -0.39 is 0 Å². The van der Waals surface area contributed by atoms with Crippen molar-refractivity contribution in [1.82, 2.24) is 0 Å². The minimum absolute atomic E-state index is 1.09. The molecular weight excluding hydrogens is 236 g/mol. The molecular formula is C13H15Br. The van der Waals surface area contributed by atoms with Gasteiger partial charge in [-0.15, -0.1) is 0 Å². The number of aryl methyl sites for hydroxylation is 1. The molecule has 0 aliphatic heterocycles. The number of rotatable bonds is 3. The molecule has 0 saturated carbocycles. The van der Waals surface area contributed by atoms with Crippen LogP contribution in [0.4, 0.5) is 0 Å². The summed E-state index contributed by atoms with van der Waals surface area (Å²) in [4.78, 5) is 0. The summed E-state index contributed by atoms with van der Waals surface area (Å²) in [6.45, 7) is 2.24. The number of hydrogen-bond donors (Lipinski definition) is 0. The normalized spacial score (nSPS) is 13.3. The van der Waals surface area contributed by atoms with Gasteiger partial charge in [-0.25, -0.2) is 0 Å². The summed E-state index contributed by atoms with van der Waals surface area (Å²) in [5, 5.41) is 0. The Kier molecular flexibility index (Phi) is 3.07. The summed E-state index contributed by atoms with van der Waals surface area (Å²) in [6.07, 6.45) is 9.29. The first-order chi connectivity index (χ1) is 6.83. The average molecular weight is 251 g/mol. The second kappa shape index (κ2) is 4.31. The van der Waals surface area contributed by atoms with Crippen molar-refractivity contribution >= 4 is 22.0 Å². The average Bonchev–Trinajstić information content (AvgIpc) is 2.66. The molecule has 0 fully saturated rings. The van der Waals surface area contributed by atoms with Crippen molar-refractivity contribution in [2.45, 2.75) is 32.6 Å². The van der Waals surface area contributed by atoms with E-state index in [9.17, 15) is 0 Å². The van der Waals surface area contributed by atoms with Gasteiger partial charge in [-0.1, -0.05) is 53.6 Å². The minimum atomic E-state index is 1.09. The minimum Gasteiger partial charge on any atom is -0.0795 e. The molecule has 0 amide bonds. The highest BCUT2D eigenvalue weighted by Crippen LogP contribution is 2.31. The SMILES string of the molecule is CCCCc1ccc2c(c1Br)CC=C2. The lowest BCUT2D eigenvalue weighted by atomic mass is 10.0. The zero-order valence-corrected chi connectivity index (χ0v) is 10.1. The molecule has 0 spiro atoms. The van der Waals surface area contributed by atoms with E-state index >= 15 is 0 Å². The third-order valence-electron chi connectivity index (χ3n) is 2.78. The van der Waals surface area contributed by atoms with E-state index in [1.807, 2.05) is 0 Å². The number of hydrogen-bond acceptors (Lipinski definition) is 0. The Bertz CT molecular complexity index is 364. The molecule has 0 radical (unpaired) electrons. The number of fused-ring (bicyclic) bond motifs is 1. The Balaban J connectivity index is 2.28. The first kappa shape index (κ1) is 9.97. The number of benzene rings is 1. The Labute approximate surface area is 94.2 Å². The number of allylic oxidation sites excluding steroid dienone is 1. The topological polar surface area (TPSA) is 0 Å². The second-order valence-electron chi connectivity index (χ2n) is 3.82. The summed E-state index contributed by atoms with van der Waals surface area (Å²) in [5.74, 6) is 0. The predicted molar refractivity (Wildman–Crippen MR) is 65.5 cm³/mol. The van der Waals surface area contributed by atoms with E-state index in [4.69, 9.17) is 0 Å². The lowest BCUT2D eigenvalue weighted by Crippen LogP contribution is -1.92. The number of halogens is 1. The van der Waals surface area contributed by atoms with Gasteiger partial charge < -0.3 is 0 Å². The molecule has 1 heteroatoms. The molecule has 2 rings (SSSR count). The van der Waals surface area contributed by atoms with Gasteiger partial charge in [-0.05, 0) is 36.0 Å². The fourth-order valence-electron chi connectivity index (χ4n) is 1.91. The molecule has 1 aromatic carbocycles. The van der Waals surface area contributed by atoms with Crippen LogP contribution in [0.2, 0.25) is 0 Å². The highest BCUT2D eigenvalue weighted by Gasteiger charge is 2.11. The van der Waals surface area contributed by atoms with Crippen LogP contribution in [0.25, 0.3) is 6.08 Å². The third-order valence-corrected chi connectivity index (χ3v) is 3.77. The van der Waals surface area contributed by atoms with Crippen LogP contribution in [0.1, 0.15) is 36.5 Å². The predicted octanol–water partition coefficient (Wildman–Crippen LogP) is 4.36. The van der Waals surface area contributed by atoms with Crippen molar-refractivity contribution in [1.29, 1.82) is 0 Å². The van der Waals surface area contributed by atoms with Gasteiger partial charge in [0, 0.05) is 4.47 Å². The smallest absolute Gasteiger partial charge is 0.0248 e. The van der Waals surface area contributed by atoms with Crippen LogP contribution in [-0.2, 0) is 12.8 Å². The van der Waals surface area contributed by atoms with E-state index in [1.54, 1.807) is 0 Å². The number of unbranched alkanes of at least 4 members (excludes halogenated alkanes) is 1. The van der Waals surface area contributed by atoms with E-state index in [-0.39, 0.29) is 0 Å². The van der Waals surface area contributed by atoms with E-state index in [2.05, 4.69) is 47.1 Å². The summed E-state index contributed by atoms with van der Waals surface area (Å²) < 4.78 is 1.34. The Morgan fingerprint density at radius 3 is 3.00 bits per heavy atom. The van der Waals surface area contributed by atoms with Crippen molar-refractivity contribution in [3.8, 4) is 0 Å². The van der Waals surface area contributed by atoms with Gasteiger partial charge in [0.25, 0.3) is 0 Å². The maximum atomic E-state index is 3.72. The van der Waals surface area contributed by atoms with Crippen molar-refractivity contribution < 1.29 is 0 Å². The molecule has 14 heavy (non-hydrogen) atoms. The zero-order valence-electron chi connectivity index (χ0n) is 8.52. The zero-order chi connectivity index (χ0) is 9.97. The van der Waals surface area contributed by atoms with E-state index in [0.29, 0.717) is 0 Å². The van der Waals surface area contributed by atoms with Crippen LogP contribution in [0.5, 0.6) is 0 Å². The van der Waals surface area contributed by atoms with Crippen LogP contribution >= 0.6 is 15.9 Å². The van der Waals surface area contributed by atoms with Crippen LogP contribution in [0.3, 0.4) is 0 Å². The van der Waals surface area contributed by atoms with Gasteiger partial charge in [-0.3, -0.25) is 0 Å². The first-order valence-electron chi connectivity index (χ1n) is 5.29. The fraction of sp³-hybridized carbons (Fsp3) is 0.385. The highest BCUT2D eigenvalue weighted by molar-refractivity contribution is 9.10. The van der Waals surface area contributed by atoms with Gasteiger partial charge in [0.05, 0.1) is 0 Å². The van der Waals surface area contributed by atoms with Crippen LogP contribution in [-0.4, -0.2) is 0 Å². The Morgan fingerprint density at radius 2 is 2.21 bits per heavy atom. The van der Waals surface area contributed by atoms with Gasteiger partial charge in [0.2, 0.25) is 0 Å². The maximum Gasteiger partial charge on any atom is 0.0248 e. The Morgan fingerprint density at radius 1 is 1.36 bits per heavy atom. The molecule has 1 aromatic rings. The van der Waals surface area contributed by atoms with E-state index in [0.717, 1.165) is 6.42 Å². The lowest BCUT2D eigenvalue weighted by molar-refractivity contribution is 0.791. The molecule has 0 aromatic heterocycles. The molecule has 0 unspecified atom stereocenters. The molecule has 0 atom stereocenters. The van der Waals surface area contributed by atoms with Gasteiger partial charge in [-0.2, -0.15) is 0 Å². The van der Waals surface area contributed by atoms with Gasteiger partial charge in [0.15, 0.2) is 0 Å². The Hall–Kier alpha value is -0.560.